The van der Waals surface area contributed by atoms with Crippen molar-refractivity contribution in [3.8, 4) is 0 Å². The molecule has 7 heavy (non-hydrogen) atoms. The molecule has 0 heterocycles. The molecule has 0 spiro atoms. The van der Waals surface area contributed by atoms with Crippen molar-refractivity contribution in [1.29, 1.82) is 0 Å². The lowest BCUT2D eigenvalue weighted by molar-refractivity contribution is -0.252. The van der Waals surface area contributed by atoms with Gasteiger partial charge in [0.2, 0.25) is 0 Å². The second kappa shape index (κ2) is 5.43. The number of carbonyl (C=O) groups is 1. The minimum absolute atomic E-state index is 0. The fraction of sp³-hybridized carbons (Fsp3) is 0.750. The summed E-state index contributed by atoms with van der Waals surface area (Å²) in [5.74, 6) is -0.433. The predicted molar refractivity (Wildman–Crippen MR) is 25.5 cm³/mol. The van der Waals surface area contributed by atoms with E-state index in [0.29, 0.717) is 0 Å². The molecule has 0 atom stereocenters. The molecule has 0 fully saturated rings. The Morgan fingerprint density at radius 1 is 1.57 bits per heavy atom. The number of hydrogen-bond acceptors (Lipinski definition) is 3. The van der Waals surface area contributed by atoms with Gasteiger partial charge in [-0.25, -0.2) is 4.79 Å². The van der Waals surface area contributed by atoms with Crippen LogP contribution < -0.4 is 0 Å². The van der Waals surface area contributed by atoms with Gasteiger partial charge in [0.05, 0.1) is 7.11 Å². The van der Waals surface area contributed by atoms with E-state index in [1.54, 1.807) is 0 Å². The summed E-state index contributed by atoms with van der Waals surface area (Å²) in [7, 11) is 1.28. The van der Waals surface area contributed by atoms with Crippen molar-refractivity contribution in [2.75, 3.05) is 7.11 Å². The Hall–Kier alpha value is -0.570. The SMILES string of the molecule is C.COOC(C)=O. The Kier molecular flexibility index (Phi) is 7.49. The Labute approximate surface area is 43.2 Å². The van der Waals surface area contributed by atoms with E-state index in [-0.39, 0.29) is 7.43 Å². The zero-order valence-electron chi connectivity index (χ0n) is 3.72. The smallest absolute Gasteiger partial charge is 0.299 e. The van der Waals surface area contributed by atoms with E-state index >= 15 is 0 Å². The monoisotopic (exact) mass is 106 g/mol. The molecule has 0 aliphatic carbocycles. The summed E-state index contributed by atoms with van der Waals surface area (Å²) in [6, 6.07) is 0. The Morgan fingerprint density at radius 2 is 2.00 bits per heavy atom. The third-order valence-electron chi connectivity index (χ3n) is 0.201. The highest BCUT2D eigenvalue weighted by molar-refractivity contribution is 5.65. The summed E-state index contributed by atoms with van der Waals surface area (Å²) in [5, 5.41) is 0. The van der Waals surface area contributed by atoms with Crippen LogP contribution in [0.5, 0.6) is 0 Å². The van der Waals surface area contributed by atoms with Crippen molar-refractivity contribution in [3.05, 3.63) is 0 Å². The zero-order valence-corrected chi connectivity index (χ0v) is 3.72. The average Bonchev–Trinajstić information content (AvgIpc) is 1.35. The summed E-state index contributed by atoms with van der Waals surface area (Å²) in [6.45, 7) is 1.27. The lowest BCUT2D eigenvalue weighted by Gasteiger charge is -1.87. The van der Waals surface area contributed by atoms with Gasteiger partial charge in [-0.2, -0.15) is 4.89 Å². The van der Waals surface area contributed by atoms with Gasteiger partial charge in [0, 0.05) is 6.92 Å². The molecule has 0 N–H and O–H groups in total. The molecule has 0 saturated heterocycles. The van der Waals surface area contributed by atoms with Crippen molar-refractivity contribution >= 4 is 5.97 Å². The fourth-order valence-corrected chi connectivity index (χ4v) is 0.117. The average molecular weight is 106 g/mol. The fourth-order valence-electron chi connectivity index (χ4n) is 0.117. The molecule has 0 aliphatic heterocycles. The summed E-state index contributed by atoms with van der Waals surface area (Å²) in [6.07, 6.45) is 0. The molecule has 0 aromatic heterocycles. The van der Waals surface area contributed by atoms with Crippen molar-refractivity contribution in [2.24, 2.45) is 0 Å². The van der Waals surface area contributed by atoms with Crippen LogP contribution >= 0.6 is 0 Å². The minimum atomic E-state index is -0.433. The van der Waals surface area contributed by atoms with Gasteiger partial charge in [0.25, 0.3) is 0 Å². The van der Waals surface area contributed by atoms with E-state index < -0.39 is 5.97 Å². The van der Waals surface area contributed by atoms with E-state index in [9.17, 15) is 4.79 Å². The predicted octanol–water partition coefficient (Wildman–Crippen LogP) is 0.747. The van der Waals surface area contributed by atoms with Gasteiger partial charge in [-0.05, 0) is 0 Å². The Balaban J connectivity index is 0. The van der Waals surface area contributed by atoms with Crippen LogP contribution in [0.15, 0.2) is 0 Å². The maximum atomic E-state index is 9.70. The topological polar surface area (TPSA) is 35.5 Å². The molecule has 0 unspecified atom stereocenters. The van der Waals surface area contributed by atoms with Crippen LogP contribution in [0.25, 0.3) is 0 Å². The van der Waals surface area contributed by atoms with Crippen LogP contribution in [0.3, 0.4) is 0 Å². The molecule has 0 bridgehead atoms. The molecular weight excluding hydrogens is 96.0 g/mol. The van der Waals surface area contributed by atoms with Gasteiger partial charge in [-0.1, -0.05) is 7.43 Å². The first-order chi connectivity index (χ1) is 2.77. The van der Waals surface area contributed by atoms with Gasteiger partial charge in [-0.3, -0.25) is 4.89 Å². The van der Waals surface area contributed by atoms with Crippen molar-refractivity contribution in [1.82, 2.24) is 0 Å². The first-order valence-electron chi connectivity index (χ1n) is 1.48. The van der Waals surface area contributed by atoms with Gasteiger partial charge in [0.1, 0.15) is 0 Å². The summed E-state index contributed by atoms with van der Waals surface area (Å²) >= 11 is 0. The minimum Gasteiger partial charge on any atom is -0.299 e. The second-order valence-corrected chi connectivity index (χ2v) is 0.742. The third-order valence-corrected chi connectivity index (χ3v) is 0.201. The quantitative estimate of drug-likeness (QED) is 0.365. The maximum Gasteiger partial charge on any atom is 0.339 e. The van der Waals surface area contributed by atoms with Gasteiger partial charge < -0.3 is 0 Å². The normalized spacial score (nSPS) is 6.57. The summed E-state index contributed by atoms with van der Waals surface area (Å²) in [4.78, 5) is 17.6. The highest BCUT2D eigenvalue weighted by Gasteiger charge is 1.83. The molecule has 0 aliphatic rings. The highest BCUT2D eigenvalue weighted by atomic mass is 17.2. The molecule has 3 heteroatoms. The van der Waals surface area contributed by atoms with Crippen LogP contribution in [0.1, 0.15) is 14.4 Å². The standard InChI is InChI=1S/C3H6O3.CH4/c1-3(4)6-5-2;/h1-2H3;1H4. The van der Waals surface area contributed by atoms with Crippen LogP contribution in [-0.4, -0.2) is 13.1 Å². The Morgan fingerprint density at radius 3 is 2.00 bits per heavy atom. The zero-order chi connectivity index (χ0) is 4.99. The van der Waals surface area contributed by atoms with Crippen molar-refractivity contribution in [2.45, 2.75) is 14.4 Å². The molecule has 0 radical (unpaired) electrons. The number of hydrogen-bond donors (Lipinski definition) is 0. The van der Waals surface area contributed by atoms with Crippen molar-refractivity contribution in [3.63, 3.8) is 0 Å². The van der Waals surface area contributed by atoms with E-state index in [1.165, 1.54) is 14.0 Å². The molecular formula is C4H10O3. The third kappa shape index (κ3) is 10.8. The lowest BCUT2D eigenvalue weighted by Crippen LogP contribution is -1.94. The van der Waals surface area contributed by atoms with Crippen LogP contribution in [-0.2, 0) is 14.6 Å². The molecule has 0 rings (SSSR count). The molecule has 0 aromatic carbocycles. The maximum absolute atomic E-state index is 9.70. The summed E-state index contributed by atoms with van der Waals surface area (Å²) < 4.78 is 0. The van der Waals surface area contributed by atoms with Gasteiger partial charge in [0.15, 0.2) is 0 Å². The van der Waals surface area contributed by atoms with Crippen molar-refractivity contribution < 1.29 is 14.6 Å². The largest absolute Gasteiger partial charge is 0.339 e. The van der Waals surface area contributed by atoms with Crippen LogP contribution in [0, 0.1) is 0 Å². The second-order valence-electron chi connectivity index (χ2n) is 0.742. The van der Waals surface area contributed by atoms with Crippen LogP contribution in [0.4, 0.5) is 0 Å². The van der Waals surface area contributed by atoms with Crippen LogP contribution in [0.2, 0.25) is 0 Å². The van der Waals surface area contributed by atoms with Gasteiger partial charge >= 0.3 is 5.97 Å². The van der Waals surface area contributed by atoms with E-state index in [4.69, 9.17) is 0 Å². The van der Waals surface area contributed by atoms with E-state index in [2.05, 4.69) is 9.78 Å². The molecule has 3 nitrogen and oxygen atoms in total. The van der Waals surface area contributed by atoms with Gasteiger partial charge in [-0.15, -0.1) is 0 Å². The lowest BCUT2D eigenvalue weighted by atomic mass is 10.8. The van der Waals surface area contributed by atoms with E-state index in [0.717, 1.165) is 0 Å². The number of carbonyl (C=O) groups excluding carboxylic acids is 1. The summed E-state index contributed by atoms with van der Waals surface area (Å²) in [5.41, 5.74) is 0. The first kappa shape index (κ1) is 9.66. The number of rotatable bonds is 1. The molecule has 44 valence electrons. The first-order valence-corrected chi connectivity index (χ1v) is 1.48. The molecule has 0 aromatic rings. The molecule has 0 saturated carbocycles. The Bertz CT molecular complexity index is 50.9. The highest BCUT2D eigenvalue weighted by Crippen LogP contribution is 1.69. The van der Waals surface area contributed by atoms with E-state index in [1.807, 2.05) is 0 Å². The molecule has 0 amide bonds.